The first-order valence-electron chi connectivity index (χ1n) is 6.12. The molecule has 3 rings (SSSR count). The van der Waals surface area contributed by atoms with Crippen molar-refractivity contribution in [3.8, 4) is 11.3 Å². The van der Waals surface area contributed by atoms with Gasteiger partial charge < -0.3 is 10.2 Å². The average Bonchev–Trinajstić information content (AvgIpc) is 2.90. The molecule has 2 aromatic heterocycles. The summed E-state index contributed by atoms with van der Waals surface area (Å²) in [6.07, 6.45) is 1.53. The molecule has 0 atom stereocenters. The zero-order valence-corrected chi connectivity index (χ0v) is 10.7. The van der Waals surface area contributed by atoms with Gasteiger partial charge in [-0.05, 0) is 18.2 Å². The van der Waals surface area contributed by atoms with E-state index in [2.05, 4.69) is 4.98 Å². The smallest absolute Gasteiger partial charge is 0.352 e. The van der Waals surface area contributed by atoms with Gasteiger partial charge in [0.2, 0.25) is 0 Å². The molecular formula is C15H10N2O4. The molecule has 0 fully saturated rings. The van der Waals surface area contributed by atoms with Crippen LogP contribution in [-0.4, -0.2) is 31.5 Å². The summed E-state index contributed by atoms with van der Waals surface area (Å²) in [5, 5.41) is 18.4. The van der Waals surface area contributed by atoms with Crippen molar-refractivity contribution in [1.82, 2.24) is 9.38 Å². The van der Waals surface area contributed by atoms with Crippen LogP contribution < -0.4 is 0 Å². The van der Waals surface area contributed by atoms with Crippen LogP contribution in [0.4, 0.5) is 0 Å². The lowest BCUT2D eigenvalue weighted by Crippen LogP contribution is -2.03. The maximum absolute atomic E-state index is 11.3. The number of fused-ring (bicyclic) bond motifs is 1. The summed E-state index contributed by atoms with van der Waals surface area (Å²) in [4.78, 5) is 26.8. The van der Waals surface area contributed by atoms with Crippen LogP contribution in [0.25, 0.3) is 16.9 Å². The van der Waals surface area contributed by atoms with Crippen molar-refractivity contribution in [1.29, 1.82) is 0 Å². The summed E-state index contributed by atoms with van der Waals surface area (Å²) < 4.78 is 1.43. The highest BCUT2D eigenvalue weighted by Crippen LogP contribution is 2.24. The van der Waals surface area contributed by atoms with Crippen molar-refractivity contribution in [3.63, 3.8) is 0 Å². The van der Waals surface area contributed by atoms with Gasteiger partial charge in [0.05, 0.1) is 11.3 Å². The van der Waals surface area contributed by atoms with Crippen LogP contribution in [-0.2, 0) is 0 Å². The highest BCUT2D eigenvalue weighted by Gasteiger charge is 2.15. The molecule has 0 amide bonds. The lowest BCUT2D eigenvalue weighted by Gasteiger charge is -2.01. The Labute approximate surface area is 118 Å². The number of imidazole rings is 1. The molecule has 0 spiro atoms. The standard InChI is InChI=1S/C15H10N2O4/c18-14(19)10-5-2-1-4-9(10)11-8-17-12(15(20)21)6-3-7-13(17)16-11/h1-8H,(H,18,19)(H,20,21). The Hall–Kier alpha value is -3.15. The highest BCUT2D eigenvalue weighted by molar-refractivity contribution is 5.95. The normalized spacial score (nSPS) is 10.7. The van der Waals surface area contributed by atoms with Crippen LogP contribution in [0.15, 0.2) is 48.7 Å². The third kappa shape index (κ3) is 2.12. The Bertz CT molecular complexity index is 867. The van der Waals surface area contributed by atoms with Gasteiger partial charge in [-0.25, -0.2) is 14.6 Å². The fourth-order valence-electron chi connectivity index (χ4n) is 2.21. The van der Waals surface area contributed by atoms with E-state index in [0.29, 0.717) is 16.9 Å². The average molecular weight is 282 g/mol. The summed E-state index contributed by atoms with van der Waals surface area (Å²) in [6, 6.07) is 11.2. The van der Waals surface area contributed by atoms with Crippen molar-refractivity contribution in [3.05, 3.63) is 59.9 Å². The molecule has 2 heterocycles. The number of hydrogen-bond acceptors (Lipinski definition) is 3. The number of hydrogen-bond donors (Lipinski definition) is 2. The summed E-state index contributed by atoms with van der Waals surface area (Å²) in [7, 11) is 0. The van der Waals surface area contributed by atoms with Gasteiger partial charge in [0.1, 0.15) is 11.3 Å². The van der Waals surface area contributed by atoms with E-state index in [-0.39, 0.29) is 11.3 Å². The molecule has 0 saturated carbocycles. The zero-order chi connectivity index (χ0) is 15.0. The number of pyridine rings is 1. The first kappa shape index (κ1) is 12.9. The predicted molar refractivity (Wildman–Crippen MR) is 74.5 cm³/mol. The fourth-order valence-corrected chi connectivity index (χ4v) is 2.21. The van der Waals surface area contributed by atoms with Crippen molar-refractivity contribution in [2.24, 2.45) is 0 Å². The molecule has 0 bridgehead atoms. The second-order valence-corrected chi connectivity index (χ2v) is 4.42. The summed E-state index contributed by atoms with van der Waals surface area (Å²) >= 11 is 0. The van der Waals surface area contributed by atoms with Gasteiger partial charge in [-0.1, -0.05) is 24.3 Å². The van der Waals surface area contributed by atoms with E-state index in [9.17, 15) is 14.7 Å². The highest BCUT2D eigenvalue weighted by atomic mass is 16.4. The van der Waals surface area contributed by atoms with Crippen molar-refractivity contribution >= 4 is 17.6 Å². The van der Waals surface area contributed by atoms with Crippen LogP contribution >= 0.6 is 0 Å². The van der Waals surface area contributed by atoms with Crippen LogP contribution in [0.5, 0.6) is 0 Å². The van der Waals surface area contributed by atoms with E-state index in [4.69, 9.17) is 5.11 Å². The summed E-state index contributed by atoms with van der Waals surface area (Å²) in [5.74, 6) is -2.13. The van der Waals surface area contributed by atoms with E-state index in [1.54, 1.807) is 30.3 Å². The number of aromatic carboxylic acids is 2. The van der Waals surface area contributed by atoms with E-state index >= 15 is 0 Å². The SMILES string of the molecule is O=C(O)c1ccccc1-c1cn2c(C(=O)O)cccc2n1. The molecule has 0 aliphatic rings. The van der Waals surface area contributed by atoms with Crippen LogP contribution in [0.1, 0.15) is 20.8 Å². The molecule has 0 unspecified atom stereocenters. The van der Waals surface area contributed by atoms with E-state index < -0.39 is 11.9 Å². The minimum atomic E-state index is -1.07. The summed E-state index contributed by atoms with van der Waals surface area (Å²) in [5.41, 5.74) is 1.51. The van der Waals surface area contributed by atoms with Crippen LogP contribution in [0.2, 0.25) is 0 Å². The predicted octanol–water partition coefficient (Wildman–Crippen LogP) is 2.40. The van der Waals surface area contributed by atoms with Crippen LogP contribution in [0, 0.1) is 0 Å². The third-order valence-corrected chi connectivity index (χ3v) is 3.14. The first-order valence-corrected chi connectivity index (χ1v) is 6.12. The minimum Gasteiger partial charge on any atom is -0.478 e. The molecule has 0 radical (unpaired) electrons. The topological polar surface area (TPSA) is 91.9 Å². The molecule has 0 aliphatic heterocycles. The van der Waals surface area contributed by atoms with Crippen molar-refractivity contribution < 1.29 is 19.8 Å². The maximum Gasteiger partial charge on any atom is 0.352 e. The maximum atomic E-state index is 11.3. The van der Waals surface area contributed by atoms with Crippen LogP contribution in [0.3, 0.4) is 0 Å². The number of benzene rings is 1. The largest absolute Gasteiger partial charge is 0.478 e. The van der Waals surface area contributed by atoms with E-state index in [0.717, 1.165) is 0 Å². The molecule has 3 aromatic rings. The zero-order valence-electron chi connectivity index (χ0n) is 10.7. The molecule has 0 aliphatic carbocycles. The molecule has 104 valence electrons. The fraction of sp³-hybridized carbons (Fsp3) is 0. The number of nitrogens with zero attached hydrogens (tertiary/aromatic N) is 2. The molecule has 1 aromatic carbocycles. The van der Waals surface area contributed by atoms with Gasteiger partial charge >= 0.3 is 11.9 Å². The Morgan fingerprint density at radius 3 is 2.43 bits per heavy atom. The van der Waals surface area contributed by atoms with Gasteiger partial charge in [-0.15, -0.1) is 0 Å². The molecule has 21 heavy (non-hydrogen) atoms. The lowest BCUT2D eigenvalue weighted by atomic mass is 10.1. The quantitative estimate of drug-likeness (QED) is 0.769. The molecule has 0 saturated heterocycles. The summed E-state index contributed by atoms with van der Waals surface area (Å²) in [6.45, 7) is 0. The monoisotopic (exact) mass is 282 g/mol. The van der Waals surface area contributed by atoms with Crippen molar-refractivity contribution in [2.45, 2.75) is 0 Å². The van der Waals surface area contributed by atoms with Gasteiger partial charge in [0, 0.05) is 11.8 Å². The third-order valence-electron chi connectivity index (χ3n) is 3.14. The Morgan fingerprint density at radius 1 is 0.952 bits per heavy atom. The van der Waals surface area contributed by atoms with Gasteiger partial charge in [-0.2, -0.15) is 0 Å². The number of carbonyl (C=O) groups is 2. The first-order chi connectivity index (χ1) is 10.1. The Balaban J connectivity index is 2.26. The van der Waals surface area contributed by atoms with Gasteiger partial charge in [-0.3, -0.25) is 4.40 Å². The molecule has 6 heteroatoms. The number of carboxylic acid groups (broad SMARTS) is 2. The van der Waals surface area contributed by atoms with E-state index in [1.165, 1.54) is 22.7 Å². The van der Waals surface area contributed by atoms with Crippen molar-refractivity contribution in [2.75, 3.05) is 0 Å². The number of carboxylic acids is 2. The number of rotatable bonds is 3. The molecular weight excluding hydrogens is 272 g/mol. The van der Waals surface area contributed by atoms with Gasteiger partial charge in [0.25, 0.3) is 0 Å². The minimum absolute atomic E-state index is 0.0686. The lowest BCUT2D eigenvalue weighted by molar-refractivity contribution is 0.0681. The number of aromatic nitrogens is 2. The Morgan fingerprint density at radius 2 is 1.71 bits per heavy atom. The second kappa shape index (κ2) is 4.75. The second-order valence-electron chi connectivity index (χ2n) is 4.42. The molecule has 2 N–H and O–H groups in total. The van der Waals surface area contributed by atoms with Gasteiger partial charge in [0.15, 0.2) is 0 Å². The Kier molecular flexibility index (Phi) is 2.91. The molecule has 6 nitrogen and oxygen atoms in total. The van der Waals surface area contributed by atoms with E-state index in [1.807, 2.05) is 0 Å².